The maximum Gasteiger partial charge on any atom is 0.417 e. The number of rotatable bonds is 3. The first kappa shape index (κ1) is 20.1. The lowest BCUT2D eigenvalue weighted by Gasteiger charge is -2.35. The van der Waals surface area contributed by atoms with Crippen molar-refractivity contribution in [3.05, 3.63) is 53.7 Å². The molecule has 2 aromatic rings. The van der Waals surface area contributed by atoms with Crippen LogP contribution in [0.4, 0.5) is 19.0 Å². The molecule has 0 aliphatic carbocycles. The molecular formula is C17H17F3N4O3S. The van der Waals surface area contributed by atoms with Crippen molar-refractivity contribution in [2.24, 2.45) is 5.14 Å². The highest BCUT2D eigenvalue weighted by Gasteiger charge is 2.31. The zero-order valence-corrected chi connectivity index (χ0v) is 15.4. The van der Waals surface area contributed by atoms with Crippen LogP contribution >= 0.6 is 0 Å². The molecule has 150 valence electrons. The third kappa shape index (κ3) is 4.42. The minimum atomic E-state index is -4.44. The van der Waals surface area contributed by atoms with E-state index in [0.717, 1.165) is 12.3 Å². The summed E-state index contributed by atoms with van der Waals surface area (Å²) in [7, 11) is -3.92. The van der Waals surface area contributed by atoms with E-state index in [2.05, 4.69) is 4.98 Å². The second-order valence-corrected chi connectivity index (χ2v) is 7.82. The molecule has 1 aromatic carbocycles. The summed E-state index contributed by atoms with van der Waals surface area (Å²) in [6.45, 7) is 1.42. The molecule has 3 rings (SSSR count). The Labute approximate surface area is 159 Å². The summed E-state index contributed by atoms with van der Waals surface area (Å²) in [4.78, 5) is 19.6. The van der Waals surface area contributed by atoms with Crippen LogP contribution in [0.5, 0.6) is 0 Å². The molecule has 0 bridgehead atoms. The lowest BCUT2D eigenvalue weighted by molar-refractivity contribution is -0.137. The van der Waals surface area contributed by atoms with E-state index < -0.39 is 21.8 Å². The molecule has 1 aromatic heterocycles. The number of carbonyl (C=O) groups excluding carboxylic acids is 1. The van der Waals surface area contributed by atoms with Crippen molar-refractivity contribution in [1.82, 2.24) is 9.88 Å². The minimum Gasteiger partial charge on any atom is -0.353 e. The second kappa shape index (κ2) is 7.40. The van der Waals surface area contributed by atoms with Gasteiger partial charge in [-0.25, -0.2) is 18.5 Å². The first-order valence-electron chi connectivity index (χ1n) is 8.26. The van der Waals surface area contributed by atoms with Gasteiger partial charge >= 0.3 is 6.18 Å². The van der Waals surface area contributed by atoms with Crippen molar-refractivity contribution in [2.75, 3.05) is 31.1 Å². The van der Waals surface area contributed by atoms with Crippen molar-refractivity contribution in [3.63, 3.8) is 0 Å². The summed E-state index contributed by atoms with van der Waals surface area (Å²) in [5, 5.41) is 5.09. The number of amides is 1. The normalized spacial score (nSPS) is 15.6. The van der Waals surface area contributed by atoms with Crippen LogP contribution in [0.3, 0.4) is 0 Å². The number of hydrogen-bond acceptors (Lipinski definition) is 5. The molecule has 1 aliphatic heterocycles. The summed E-state index contributed by atoms with van der Waals surface area (Å²) < 4.78 is 60.7. The van der Waals surface area contributed by atoms with Gasteiger partial charge in [-0.15, -0.1) is 0 Å². The number of benzene rings is 1. The Morgan fingerprint density at radius 1 is 1.07 bits per heavy atom. The Morgan fingerprint density at radius 2 is 1.75 bits per heavy atom. The molecule has 0 spiro atoms. The van der Waals surface area contributed by atoms with Crippen molar-refractivity contribution >= 4 is 21.7 Å². The third-order valence-electron chi connectivity index (χ3n) is 4.38. The summed E-state index contributed by atoms with van der Waals surface area (Å²) >= 11 is 0. The Hall–Kier alpha value is -2.66. The molecule has 0 unspecified atom stereocenters. The molecule has 0 atom stereocenters. The van der Waals surface area contributed by atoms with Gasteiger partial charge in [-0.1, -0.05) is 6.07 Å². The molecular weight excluding hydrogens is 397 g/mol. The number of piperazine rings is 1. The Morgan fingerprint density at radius 3 is 2.29 bits per heavy atom. The molecule has 1 amide bonds. The van der Waals surface area contributed by atoms with Gasteiger partial charge in [0.1, 0.15) is 5.82 Å². The van der Waals surface area contributed by atoms with Crippen LogP contribution in [0.25, 0.3) is 0 Å². The number of aromatic nitrogens is 1. The molecule has 2 N–H and O–H groups in total. The van der Waals surface area contributed by atoms with E-state index >= 15 is 0 Å². The van der Waals surface area contributed by atoms with Gasteiger partial charge in [0.2, 0.25) is 10.0 Å². The zero-order valence-electron chi connectivity index (χ0n) is 14.6. The van der Waals surface area contributed by atoms with Gasteiger partial charge in [-0.2, -0.15) is 13.2 Å². The van der Waals surface area contributed by atoms with Crippen LogP contribution in [0, 0.1) is 0 Å². The summed E-state index contributed by atoms with van der Waals surface area (Å²) in [5.74, 6) is 0.0573. The molecule has 0 radical (unpaired) electrons. The molecule has 28 heavy (non-hydrogen) atoms. The SMILES string of the molecule is NS(=O)(=O)c1cccc(C(=O)N2CCN(c3ccc(C(F)(F)F)cn3)CC2)c1. The van der Waals surface area contributed by atoms with E-state index in [4.69, 9.17) is 5.14 Å². The van der Waals surface area contributed by atoms with E-state index in [1.165, 1.54) is 30.3 Å². The second-order valence-electron chi connectivity index (χ2n) is 6.25. The quantitative estimate of drug-likeness (QED) is 0.825. The third-order valence-corrected chi connectivity index (χ3v) is 5.29. The van der Waals surface area contributed by atoms with Crippen molar-refractivity contribution < 1.29 is 26.4 Å². The van der Waals surface area contributed by atoms with E-state index in [9.17, 15) is 26.4 Å². The summed E-state index contributed by atoms with van der Waals surface area (Å²) in [5.41, 5.74) is -0.618. The highest BCUT2D eigenvalue weighted by Crippen LogP contribution is 2.29. The number of pyridine rings is 1. The largest absolute Gasteiger partial charge is 0.417 e. The molecule has 11 heteroatoms. The predicted molar refractivity (Wildman–Crippen MR) is 95.2 cm³/mol. The molecule has 1 aliphatic rings. The Kier molecular flexibility index (Phi) is 5.31. The van der Waals surface area contributed by atoms with Crippen LogP contribution < -0.4 is 10.0 Å². The highest BCUT2D eigenvalue weighted by molar-refractivity contribution is 7.89. The molecule has 0 saturated carbocycles. The maximum absolute atomic E-state index is 12.6. The fourth-order valence-corrected chi connectivity index (χ4v) is 3.43. The van der Waals surface area contributed by atoms with Crippen molar-refractivity contribution in [3.8, 4) is 0 Å². The van der Waals surface area contributed by atoms with E-state index in [0.29, 0.717) is 32.0 Å². The standard InChI is InChI=1S/C17H17F3N4O3S/c18-17(19,20)13-4-5-15(22-11-13)23-6-8-24(9-7-23)16(25)12-2-1-3-14(10-12)28(21,26)27/h1-5,10-11H,6-9H2,(H2,21,26,27). The average Bonchev–Trinajstić information content (AvgIpc) is 2.66. The average molecular weight is 414 g/mol. The minimum absolute atomic E-state index is 0.147. The fraction of sp³-hybridized carbons (Fsp3) is 0.294. The number of hydrogen-bond donors (Lipinski definition) is 1. The number of carbonyl (C=O) groups is 1. The van der Waals surface area contributed by atoms with E-state index in [1.807, 2.05) is 0 Å². The first-order chi connectivity index (χ1) is 13.1. The number of anilines is 1. The first-order valence-corrected chi connectivity index (χ1v) is 9.81. The van der Waals surface area contributed by atoms with E-state index in [-0.39, 0.29) is 16.4 Å². The Balaban J connectivity index is 1.66. The summed E-state index contributed by atoms with van der Waals surface area (Å²) in [6.07, 6.45) is -3.66. The van der Waals surface area contributed by atoms with Gasteiger partial charge in [-0.3, -0.25) is 4.79 Å². The van der Waals surface area contributed by atoms with Crippen LogP contribution in [0.2, 0.25) is 0 Å². The van der Waals surface area contributed by atoms with Crippen LogP contribution in [-0.4, -0.2) is 50.4 Å². The monoisotopic (exact) mass is 414 g/mol. The number of sulfonamides is 1. The predicted octanol–water partition coefficient (Wildman–Crippen LogP) is 1.71. The van der Waals surface area contributed by atoms with Gasteiger partial charge < -0.3 is 9.80 Å². The van der Waals surface area contributed by atoms with Gasteiger partial charge in [0, 0.05) is 37.9 Å². The van der Waals surface area contributed by atoms with Gasteiger partial charge in [0.05, 0.1) is 10.5 Å². The maximum atomic E-state index is 12.6. The number of primary sulfonamides is 1. The van der Waals surface area contributed by atoms with Crippen LogP contribution in [-0.2, 0) is 16.2 Å². The topological polar surface area (TPSA) is 96.6 Å². The number of nitrogens with zero attached hydrogens (tertiary/aromatic N) is 3. The molecule has 1 saturated heterocycles. The Bertz CT molecular complexity index is 970. The lowest BCUT2D eigenvalue weighted by atomic mass is 10.2. The lowest BCUT2D eigenvalue weighted by Crippen LogP contribution is -2.49. The van der Waals surface area contributed by atoms with E-state index in [1.54, 1.807) is 9.80 Å². The van der Waals surface area contributed by atoms with Crippen LogP contribution in [0.15, 0.2) is 47.5 Å². The molecule has 2 heterocycles. The van der Waals surface area contributed by atoms with Crippen molar-refractivity contribution in [1.29, 1.82) is 0 Å². The van der Waals surface area contributed by atoms with Gasteiger partial charge in [0.15, 0.2) is 0 Å². The highest BCUT2D eigenvalue weighted by atomic mass is 32.2. The van der Waals surface area contributed by atoms with Gasteiger partial charge in [0.25, 0.3) is 5.91 Å². The number of nitrogens with two attached hydrogens (primary N) is 1. The van der Waals surface area contributed by atoms with Gasteiger partial charge in [-0.05, 0) is 30.3 Å². The molecule has 1 fully saturated rings. The number of halogens is 3. The number of alkyl halides is 3. The van der Waals surface area contributed by atoms with Crippen LogP contribution in [0.1, 0.15) is 15.9 Å². The fourth-order valence-electron chi connectivity index (χ4n) is 2.87. The smallest absolute Gasteiger partial charge is 0.353 e. The molecule has 7 nitrogen and oxygen atoms in total. The summed E-state index contributed by atoms with van der Waals surface area (Å²) in [6, 6.07) is 7.74. The van der Waals surface area contributed by atoms with Crippen molar-refractivity contribution in [2.45, 2.75) is 11.1 Å². The zero-order chi connectivity index (χ0) is 20.5.